The molecule has 0 radical (unpaired) electrons. The maximum absolute atomic E-state index is 12.8. The third-order valence-corrected chi connectivity index (χ3v) is 6.50. The van der Waals surface area contributed by atoms with Crippen molar-refractivity contribution in [2.24, 2.45) is 0 Å². The number of nitrogens with one attached hydrogen (secondary N) is 1. The fraction of sp³-hybridized carbons (Fsp3) is 0.320. The molecule has 0 aliphatic carbocycles. The predicted molar refractivity (Wildman–Crippen MR) is 125 cm³/mol. The lowest BCUT2D eigenvalue weighted by Crippen LogP contribution is -3.10. The van der Waals surface area contributed by atoms with Crippen LogP contribution in [0.4, 0.5) is 0 Å². The summed E-state index contributed by atoms with van der Waals surface area (Å²) in [6.07, 6.45) is 0. The van der Waals surface area contributed by atoms with Crippen molar-refractivity contribution in [1.82, 2.24) is 4.90 Å². The Morgan fingerprint density at radius 1 is 1.06 bits per heavy atom. The highest BCUT2D eigenvalue weighted by molar-refractivity contribution is 7.10. The Kier molecular flexibility index (Phi) is 8.09. The van der Waals surface area contributed by atoms with Crippen LogP contribution in [0, 0.1) is 0 Å². The molecule has 1 heterocycles. The molecule has 2 atom stereocenters. The number of hydrogen-bond acceptors (Lipinski definition) is 4. The summed E-state index contributed by atoms with van der Waals surface area (Å²) < 4.78 is 11.5. The highest BCUT2D eigenvalue weighted by Gasteiger charge is 2.21. The largest absolute Gasteiger partial charge is 0.493 e. The van der Waals surface area contributed by atoms with Crippen LogP contribution in [-0.4, -0.2) is 38.6 Å². The molecule has 0 fully saturated rings. The van der Waals surface area contributed by atoms with Gasteiger partial charge in [0.15, 0.2) is 18.0 Å². The number of rotatable bonds is 10. The number of ether oxygens (including phenoxy) is 2. The van der Waals surface area contributed by atoms with Gasteiger partial charge in [-0.15, -0.1) is 11.3 Å². The van der Waals surface area contributed by atoms with Gasteiger partial charge < -0.3 is 19.3 Å². The highest BCUT2D eigenvalue weighted by atomic mass is 32.1. The van der Waals surface area contributed by atoms with Crippen LogP contribution in [0.25, 0.3) is 0 Å². The van der Waals surface area contributed by atoms with Crippen LogP contribution in [0.3, 0.4) is 0 Å². The van der Waals surface area contributed by atoms with Crippen molar-refractivity contribution in [2.75, 3.05) is 27.7 Å². The lowest BCUT2D eigenvalue weighted by atomic mass is 10.2. The van der Waals surface area contributed by atoms with E-state index >= 15 is 0 Å². The number of benzene rings is 2. The van der Waals surface area contributed by atoms with Gasteiger partial charge in [0.05, 0.1) is 19.0 Å². The van der Waals surface area contributed by atoms with Gasteiger partial charge in [0.1, 0.15) is 12.6 Å². The molecule has 6 heteroatoms. The first-order chi connectivity index (χ1) is 15.0. The minimum atomic E-state index is 0.115. The summed E-state index contributed by atoms with van der Waals surface area (Å²) in [5.41, 5.74) is 2.10. The van der Waals surface area contributed by atoms with Gasteiger partial charge in [-0.1, -0.05) is 42.5 Å². The molecule has 1 N–H and O–H groups in total. The van der Waals surface area contributed by atoms with Gasteiger partial charge in [0.2, 0.25) is 0 Å². The van der Waals surface area contributed by atoms with E-state index in [0.717, 1.165) is 11.1 Å². The van der Waals surface area contributed by atoms with E-state index in [9.17, 15) is 4.79 Å². The minimum absolute atomic E-state index is 0.115. The first-order valence-corrected chi connectivity index (χ1v) is 11.3. The zero-order chi connectivity index (χ0) is 22.2. The van der Waals surface area contributed by atoms with Gasteiger partial charge in [-0.25, -0.2) is 0 Å². The predicted octanol–water partition coefficient (Wildman–Crippen LogP) is 3.57. The lowest BCUT2D eigenvalue weighted by Gasteiger charge is -2.24. The zero-order valence-corrected chi connectivity index (χ0v) is 19.4. The first kappa shape index (κ1) is 22.8. The summed E-state index contributed by atoms with van der Waals surface area (Å²) in [4.78, 5) is 17.0. The Labute approximate surface area is 188 Å². The molecule has 31 heavy (non-hydrogen) atoms. The second kappa shape index (κ2) is 11.0. The van der Waals surface area contributed by atoms with Crippen molar-refractivity contribution in [3.8, 4) is 11.5 Å². The number of quaternary nitrogens is 1. The van der Waals surface area contributed by atoms with Crippen LogP contribution in [0.5, 0.6) is 11.5 Å². The Balaban J connectivity index is 1.57. The molecular weight excluding hydrogens is 408 g/mol. The zero-order valence-electron chi connectivity index (χ0n) is 18.6. The number of amides is 1. The van der Waals surface area contributed by atoms with Crippen molar-refractivity contribution >= 4 is 17.2 Å². The molecule has 2 aromatic carbocycles. The van der Waals surface area contributed by atoms with E-state index in [0.29, 0.717) is 37.2 Å². The monoisotopic (exact) mass is 439 g/mol. The smallest absolute Gasteiger partial charge is 0.277 e. The summed E-state index contributed by atoms with van der Waals surface area (Å²) in [6.45, 7) is 3.61. The second-order valence-corrected chi connectivity index (χ2v) is 8.75. The van der Waals surface area contributed by atoms with Gasteiger partial charge in [-0.2, -0.15) is 0 Å². The van der Waals surface area contributed by atoms with Gasteiger partial charge in [-0.3, -0.25) is 4.79 Å². The molecule has 0 spiro atoms. The highest BCUT2D eigenvalue weighted by Crippen LogP contribution is 2.29. The van der Waals surface area contributed by atoms with E-state index in [1.807, 2.05) is 55.6 Å². The molecule has 0 saturated carbocycles. The normalized spacial score (nSPS) is 12.8. The van der Waals surface area contributed by atoms with Gasteiger partial charge in [-0.05, 0) is 41.6 Å². The number of likely N-dealkylation sites (N-methyl/N-ethyl adjacent to an activating group) is 2. The SMILES string of the molecule is COc1cc(CN(C)C(=O)C[NH+](C)C(C)c2cccs2)ccc1OCc1ccccc1. The van der Waals surface area contributed by atoms with Crippen molar-refractivity contribution in [3.05, 3.63) is 82.0 Å². The molecule has 0 bridgehead atoms. The van der Waals surface area contributed by atoms with Gasteiger partial charge in [0.25, 0.3) is 5.91 Å². The summed E-state index contributed by atoms with van der Waals surface area (Å²) >= 11 is 1.73. The minimum Gasteiger partial charge on any atom is -0.493 e. The molecule has 2 unspecified atom stereocenters. The molecule has 0 aliphatic rings. The Hall–Kier alpha value is -2.83. The van der Waals surface area contributed by atoms with Crippen LogP contribution in [-0.2, 0) is 17.9 Å². The third kappa shape index (κ3) is 6.32. The Morgan fingerprint density at radius 3 is 2.52 bits per heavy atom. The molecule has 0 saturated heterocycles. The van der Waals surface area contributed by atoms with E-state index in [1.165, 1.54) is 9.78 Å². The van der Waals surface area contributed by atoms with E-state index in [1.54, 1.807) is 23.3 Å². The maximum atomic E-state index is 12.8. The molecule has 1 amide bonds. The topological polar surface area (TPSA) is 43.2 Å². The average molecular weight is 440 g/mol. The number of methoxy groups -OCH3 is 1. The third-order valence-electron chi connectivity index (χ3n) is 5.45. The summed E-state index contributed by atoms with van der Waals surface area (Å²) in [6, 6.07) is 20.3. The quantitative estimate of drug-likeness (QED) is 0.525. The molecule has 5 nitrogen and oxygen atoms in total. The van der Waals surface area contributed by atoms with Gasteiger partial charge >= 0.3 is 0 Å². The number of thiophene rings is 1. The van der Waals surface area contributed by atoms with Crippen LogP contribution < -0.4 is 14.4 Å². The lowest BCUT2D eigenvalue weighted by molar-refractivity contribution is -0.902. The van der Waals surface area contributed by atoms with Crippen molar-refractivity contribution in [3.63, 3.8) is 0 Å². The van der Waals surface area contributed by atoms with Crippen molar-refractivity contribution in [2.45, 2.75) is 26.1 Å². The average Bonchev–Trinajstić information content (AvgIpc) is 3.33. The Morgan fingerprint density at radius 2 is 1.84 bits per heavy atom. The van der Waals surface area contributed by atoms with Crippen LogP contribution >= 0.6 is 11.3 Å². The fourth-order valence-electron chi connectivity index (χ4n) is 3.33. The molecule has 1 aromatic heterocycles. The fourth-order valence-corrected chi connectivity index (χ4v) is 4.21. The maximum Gasteiger partial charge on any atom is 0.277 e. The van der Waals surface area contributed by atoms with Gasteiger partial charge in [0, 0.05) is 13.6 Å². The standard InChI is InChI=1S/C25H30N2O3S/c1-19(24-11-8-14-31-24)26(2)17-25(28)27(3)16-21-12-13-22(23(15-21)29-4)30-18-20-9-6-5-7-10-20/h5-15,19H,16-18H2,1-4H3/p+1. The molecule has 3 rings (SSSR count). The molecule has 3 aromatic rings. The van der Waals surface area contributed by atoms with E-state index < -0.39 is 0 Å². The molecular formula is C25H31N2O3S+. The first-order valence-electron chi connectivity index (χ1n) is 10.4. The van der Waals surface area contributed by atoms with Crippen LogP contribution in [0.15, 0.2) is 66.0 Å². The van der Waals surface area contributed by atoms with Crippen LogP contribution in [0.1, 0.15) is 29.0 Å². The number of carbonyl (C=O) groups is 1. The van der Waals surface area contributed by atoms with Crippen molar-refractivity contribution < 1.29 is 19.2 Å². The number of nitrogens with zero attached hydrogens (tertiary/aromatic N) is 1. The van der Waals surface area contributed by atoms with Crippen LogP contribution in [0.2, 0.25) is 0 Å². The number of hydrogen-bond donors (Lipinski definition) is 1. The molecule has 0 aliphatic heterocycles. The van der Waals surface area contributed by atoms with Crippen molar-refractivity contribution in [1.29, 1.82) is 0 Å². The van der Waals surface area contributed by atoms with E-state index in [4.69, 9.17) is 9.47 Å². The van der Waals surface area contributed by atoms with E-state index in [2.05, 4.69) is 31.5 Å². The molecule has 164 valence electrons. The summed E-state index contributed by atoms with van der Waals surface area (Å²) in [5.74, 6) is 1.48. The Bertz CT molecular complexity index is 960. The summed E-state index contributed by atoms with van der Waals surface area (Å²) in [7, 11) is 5.55. The number of carbonyl (C=O) groups excluding carboxylic acids is 1. The second-order valence-electron chi connectivity index (χ2n) is 7.77. The summed E-state index contributed by atoms with van der Waals surface area (Å²) in [5, 5.41) is 2.08. The van der Waals surface area contributed by atoms with E-state index in [-0.39, 0.29) is 5.91 Å².